The summed E-state index contributed by atoms with van der Waals surface area (Å²) in [6, 6.07) is 0. The lowest BCUT2D eigenvalue weighted by molar-refractivity contribution is -0.240. The van der Waals surface area contributed by atoms with Crippen molar-refractivity contribution in [2.75, 3.05) is 254 Å². The van der Waals surface area contributed by atoms with Gasteiger partial charge in [-0.1, -0.05) is 26.7 Å². The molecule has 3 amide bonds. The van der Waals surface area contributed by atoms with E-state index >= 15 is 0 Å². The summed E-state index contributed by atoms with van der Waals surface area (Å²) in [6.45, 7) is 29.1. The van der Waals surface area contributed by atoms with Crippen molar-refractivity contribution in [3.8, 4) is 0 Å². The second kappa shape index (κ2) is 71.3. The number of carbonyl (C=O) groups is 3. The minimum absolute atomic E-state index is 0.0177. The van der Waals surface area contributed by atoms with E-state index in [9.17, 15) is 45.1 Å². The molecule has 2 aliphatic carbocycles. The Morgan fingerprint density at radius 1 is 0.377 bits per heavy atom. The maximum atomic E-state index is 12.8. The maximum Gasteiger partial charge on any atom is 0.412 e. The molecule has 3 aliphatic heterocycles. The largest absolute Gasteiger partial charge is 0.444 e. The standard InChI is InChI=1S/C15H28FNO4.C14H26FNO4.C13H24FNO4.C13H26FNO2.C12H24FNO2.C7H16FNO2.C6H14FNO2/c1-15(2,3)21-14(18)17(9-6-8-16)10-12-20-13-7-4-5-11-19-13;1-14(2,3)20-13(17)16(8-7-15)9-11-19-12-6-4-5-10-18-12;1-13(2,3)19-12(16)15(10-14)7-9-18-11-6-4-5-8-17-11;1-3-15(10-9-14)11-12-17-13(16-2)7-5-4-6-8-13;1-3-14(11-13)9-10-16-12(15-2)7-5-4-6-8-12;1-9(4-3-8)5-6-11-7-10-2;1-8(5-7)3-4-10-6-9-2/h13H,4-12H2,1-3H3;12H,4-11H2,1-3H3;11H,4-10H2,1-3H3;3-12H2,1-2H3;3-11H2,1-2H3;3-7H2,1-2H3;3-6H2,1-2H3. The summed E-state index contributed by atoms with van der Waals surface area (Å²) in [5.74, 6) is -0.763. The number of hydrogen-bond acceptors (Lipinski definition) is 24. The van der Waals surface area contributed by atoms with E-state index in [4.69, 9.17) is 71.1 Å². The van der Waals surface area contributed by atoms with Gasteiger partial charge in [0.1, 0.15) is 64.0 Å². The zero-order chi connectivity index (χ0) is 85.8. The van der Waals surface area contributed by atoms with Crippen LogP contribution in [0.4, 0.5) is 45.1 Å². The van der Waals surface area contributed by atoms with Gasteiger partial charge in [-0.05, 0) is 179 Å². The van der Waals surface area contributed by atoms with E-state index in [0.717, 1.165) is 134 Å². The molecule has 3 unspecified atom stereocenters. The van der Waals surface area contributed by atoms with Gasteiger partial charge in [0.05, 0.1) is 66.0 Å². The van der Waals surface area contributed by atoms with Gasteiger partial charge >= 0.3 is 18.3 Å². The second-order valence-electron chi connectivity index (χ2n) is 30.9. The third-order valence-electron chi connectivity index (χ3n) is 17.7. The van der Waals surface area contributed by atoms with Crippen LogP contribution in [-0.2, 0) is 80.5 Å². The first kappa shape index (κ1) is 113. The summed E-state index contributed by atoms with van der Waals surface area (Å²) in [5.41, 5.74) is -1.77. The third kappa shape index (κ3) is 63.6. The summed E-state index contributed by atoms with van der Waals surface area (Å²) in [5, 5.41) is 0. The molecule has 5 rings (SSSR count). The summed E-state index contributed by atoms with van der Waals surface area (Å²) >= 11 is 0. The second-order valence-corrected chi connectivity index (χ2v) is 30.9. The molecule has 34 heteroatoms. The molecule has 0 aromatic heterocycles. The summed E-state index contributed by atoms with van der Waals surface area (Å²) < 4.78 is 176. The molecule has 3 atom stereocenters. The van der Waals surface area contributed by atoms with E-state index < -0.39 is 74.6 Å². The highest BCUT2D eigenvalue weighted by atomic mass is 19.2. The molecule has 0 spiro atoms. The first-order chi connectivity index (χ1) is 54.4. The van der Waals surface area contributed by atoms with Crippen LogP contribution in [0, 0.1) is 0 Å². The summed E-state index contributed by atoms with van der Waals surface area (Å²) in [7, 11) is 10.1. The van der Waals surface area contributed by atoms with E-state index in [-0.39, 0.29) is 64.5 Å². The number of alkyl halides is 7. The number of ether oxygens (including phenoxy) is 17. The molecule has 5 aliphatic rings. The highest BCUT2D eigenvalue weighted by Gasteiger charge is 2.35. The summed E-state index contributed by atoms with van der Waals surface area (Å²) in [4.78, 5) is 46.5. The van der Waals surface area contributed by atoms with Gasteiger partial charge in [-0.2, -0.15) is 0 Å². The smallest absolute Gasteiger partial charge is 0.412 e. The van der Waals surface area contributed by atoms with Crippen LogP contribution >= 0.6 is 0 Å². The molecule has 0 bridgehead atoms. The van der Waals surface area contributed by atoms with Crippen LogP contribution in [0.25, 0.3) is 0 Å². The van der Waals surface area contributed by atoms with Gasteiger partial charge in [-0.3, -0.25) is 24.0 Å². The number of methoxy groups -OCH3 is 4. The van der Waals surface area contributed by atoms with Gasteiger partial charge in [0.2, 0.25) is 0 Å². The predicted octanol–water partition coefficient (Wildman–Crippen LogP) is 14.7. The van der Waals surface area contributed by atoms with Gasteiger partial charge in [-0.25, -0.2) is 40.7 Å². The minimum atomic E-state index is -0.885. The highest BCUT2D eigenvalue weighted by molar-refractivity contribution is 5.69. The van der Waals surface area contributed by atoms with Gasteiger partial charge in [0.25, 0.3) is 0 Å². The predicted molar refractivity (Wildman–Crippen MR) is 426 cm³/mol. The fourth-order valence-corrected chi connectivity index (χ4v) is 11.1. The molecule has 3 saturated heterocycles. The number of likely N-dealkylation sites (N-methyl/N-ethyl adjacent to an activating group) is 4. The molecule has 2 saturated carbocycles. The van der Waals surface area contributed by atoms with E-state index in [1.54, 1.807) is 81.9 Å². The number of amides is 3. The number of nitrogens with zero attached hydrogens (tertiary/aromatic N) is 7. The highest BCUT2D eigenvalue weighted by Crippen LogP contribution is 2.33. The Morgan fingerprint density at radius 3 is 1.06 bits per heavy atom. The first-order valence-corrected chi connectivity index (χ1v) is 41.3. The van der Waals surface area contributed by atoms with Crippen LogP contribution in [-0.4, -0.2) is 354 Å². The lowest BCUT2D eigenvalue weighted by Crippen LogP contribution is -2.40. The monoisotopic (exact) mass is 1670 g/mol. The SMILES string of the molecule is CC(C)(C)OC(=O)N(CCCF)CCOC1CCCCO1.CC(C)(C)OC(=O)N(CCF)CCOC1CCCCO1.CC(C)(C)OC(=O)N(CF)CCOC1CCCCO1.CCN(CCF)CCOC1(OC)CCCCC1.CCN(CF)CCOC1(OC)CCCCC1.COCOCCN(C)CCF.COCOCCN(C)CF. The van der Waals surface area contributed by atoms with E-state index in [1.807, 2.05) is 46.6 Å². The topological polar surface area (TPSA) is 231 Å². The van der Waals surface area contributed by atoms with Gasteiger partial charge in [0.15, 0.2) is 37.2 Å². The number of rotatable bonds is 46. The van der Waals surface area contributed by atoms with Gasteiger partial charge in [0, 0.05) is 133 Å². The average molecular weight is 1670 g/mol. The summed E-state index contributed by atoms with van der Waals surface area (Å²) in [6.07, 6.45) is 18.3. The molecule has 0 aromatic rings. The number of hydrogen-bond donors (Lipinski definition) is 0. The molecular weight excluding hydrogens is 1510 g/mol. The zero-order valence-corrected chi connectivity index (χ0v) is 73.4. The first-order valence-electron chi connectivity index (χ1n) is 41.3. The van der Waals surface area contributed by atoms with Crippen LogP contribution in [0.5, 0.6) is 0 Å². The Morgan fingerprint density at radius 2 is 0.746 bits per heavy atom. The molecule has 0 N–H and O–H groups in total. The zero-order valence-electron chi connectivity index (χ0n) is 73.4. The van der Waals surface area contributed by atoms with Gasteiger partial charge in [-0.15, -0.1) is 0 Å². The quantitative estimate of drug-likeness (QED) is 0.0181. The Labute approximate surface area is 681 Å². The van der Waals surface area contributed by atoms with Crippen molar-refractivity contribution in [2.45, 2.75) is 252 Å². The minimum Gasteiger partial charge on any atom is -0.444 e. The number of carbonyl (C=O) groups excluding carboxylic acids is 3. The fourth-order valence-electron chi connectivity index (χ4n) is 11.1. The fraction of sp³-hybridized carbons (Fsp3) is 0.963. The molecule has 27 nitrogen and oxygen atoms in total. The molecule has 682 valence electrons. The molecular formula is C80H158F7N7O20. The van der Waals surface area contributed by atoms with Crippen molar-refractivity contribution in [1.29, 1.82) is 0 Å². The van der Waals surface area contributed by atoms with E-state index in [1.165, 1.54) is 40.4 Å². The molecule has 3 heterocycles. The lowest BCUT2D eigenvalue weighted by Gasteiger charge is -2.36. The van der Waals surface area contributed by atoms with Crippen molar-refractivity contribution < 1.29 is 126 Å². The lowest BCUT2D eigenvalue weighted by atomic mass is 9.94. The van der Waals surface area contributed by atoms with Crippen LogP contribution in [0.3, 0.4) is 0 Å². The van der Waals surface area contributed by atoms with Crippen molar-refractivity contribution in [2.24, 2.45) is 0 Å². The van der Waals surface area contributed by atoms with Crippen LogP contribution in [0.15, 0.2) is 0 Å². The van der Waals surface area contributed by atoms with E-state index in [0.29, 0.717) is 112 Å². The average Bonchev–Trinajstić information content (AvgIpc) is 0.857. The van der Waals surface area contributed by atoms with Crippen molar-refractivity contribution in [1.82, 2.24) is 34.3 Å². The van der Waals surface area contributed by atoms with Crippen LogP contribution in [0.1, 0.15) is 205 Å². The Hall–Kier alpha value is -3.40. The maximum absolute atomic E-state index is 12.8. The van der Waals surface area contributed by atoms with Crippen LogP contribution < -0.4 is 0 Å². The van der Waals surface area contributed by atoms with Gasteiger partial charge < -0.3 is 95.2 Å². The van der Waals surface area contributed by atoms with Crippen molar-refractivity contribution in [3.63, 3.8) is 0 Å². The van der Waals surface area contributed by atoms with Crippen molar-refractivity contribution >= 4 is 18.3 Å². The number of halogens is 7. The normalized spacial score (nSPS) is 18.2. The third-order valence-corrected chi connectivity index (χ3v) is 17.7. The van der Waals surface area contributed by atoms with Crippen LogP contribution in [0.2, 0.25) is 0 Å². The Bertz CT molecular complexity index is 2190. The molecule has 114 heavy (non-hydrogen) atoms. The Balaban J connectivity index is 0. The van der Waals surface area contributed by atoms with E-state index in [2.05, 4.69) is 14.4 Å². The molecule has 5 fully saturated rings. The molecule has 0 aromatic carbocycles. The Kier molecular flexibility index (Phi) is 70.5. The van der Waals surface area contributed by atoms with Crippen molar-refractivity contribution in [3.05, 3.63) is 0 Å². The molecule has 0 radical (unpaired) electrons.